The van der Waals surface area contributed by atoms with Crippen molar-refractivity contribution in [1.82, 2.24) is 14.3 Å². The summed E-state index contributed by atoms with van der Waals surface area (Å²) in [6, 6.07) is 4.81. The number of carboxylic acids is 1. The number of fused-ring (bicyclic) bond motifs is 1. The second-order valence-electron chi connectivity index (χ2n) is 6.22. The van der Waals surface area contributed by atoms with Crippen molar-refractivity contribution in [2.24, 2.45) is 0 Å². The van der Waals surface area contributed by atoms with Gasteiger partial charge >= 0.3 is 5.97 Å². The maximum atomic E-state index is 13.1. The fourth-order valence-electron chi connectivity index (χ4n) is 2.94. The number of hydrogen-bond acceptors (Lipinski definition) is 7. The molecule has 0 amide bonds. The van der Waals surface area contributed by atoms with Crippen molar-refractivity contribution < 1.29 is 23.1 Å². The zero-order chi connectivity index (χ0) is 20.1. The van der Waals surface area contributed by atoms with E-state index in [0.29, 0.717) is 23.7 Å². The molecule has 1 aromatic carbocycles. The van der Waals surface area contributed by atoms with Gasteiger partial charge in [-0.05, 0) is 42.7 Å². The predicted molar refractivity (Wildman–Crippen MR) is 105 cm³/mol. The summed E-state index contributed by atoms with van der Waals surface area (Å²) < 4.78 is 32.8. The Kier molecular flexibility index (Phi) is 6.53. The zero-order valence-electron chi connectivity index (χ0n) is 15.3. The first kappa shape index (κ1) is 20.6. The van der Waals surface area contributed by atoms with Crippen LogP contribution in [0.1, 0.15) is 17.8 Å². The van der Waals surface area contributed by atoms with Gasteiger partial charge in [-0.1, -0.05) is 0 Å². The number of hydrogen-bond donors (Lipinski definition) is 1. The molecule has 1 N–H and O–H groups in total. The Bertz CT molecular complexity index is 934. The lowest BCUT2D eigenvalue weighted by molar-refractivity contribution is -0.141. The molecule has 1 atom stereocenters. The summed E-state index contributed by atoms with van der Waals surface area (Å²) in [7, 11) is -4.02. The Hall–Kier alpha value is -2.17. The van der Waals surface area contributed by atoms with E-state index < -0.39 is 22.0 Å². The van der Waals surface area contributed by atoms with E-state index in [4.69, 9.17) is 4.74 Å². The quantitative estimate of drug-likeness (QED) is 0.640. The molecule has 3 rings (SSSR count). The third-order valence-corrected chi connectivity index (χ3v) is 6.94. The molecule has 1 aliphatic heterocycles. The van der Waals surface area contributed by atoms with Gasteiger partial charge in [0, 0.05) is 18.8 Å². The molecule has 0 fully saturated rings. The van der Waals surface area contributed by atoms with Crippen LogP contribution in [0.5, 0.6) is 5.75 Å². The van der Waals surface area contributed by atoms with Crippen LogP contribution in [0, 0.1) is 0 Å². The molecule has 0 bridgehead atoms. The van der Waals surface area contributed by atoms with E-state index >= 15 is 0 Å². The highest BCUT2D eigenvalue weighted by Gasteiger charge is 2.40. The number of carboxylic acid groups (broad SMARTS) is 1. The molecule has 8 nitrogen and oxygen atoms in total. The molecule has 10 heteroatoms. The normalized spacial score (nSPS) is 17.1. The van der Waals surface area contributed by atoms with Crippen molar-refractivity contribution in [2.75, 3.05) is 18.6 Å². The Balaban J connectivity index is 1.81. The standard InChI is InChI=1S/C18H21N3O5S2/c1-27-10-2-9-26-13-3-5-14(6-4-13)28(24,25)21-12-16-15(19-7-8-20-16)11-17(21)18(22)23/h3-8,17H,2,9-12H2,1H3,(H,22,23)/t17-/m1/s1. The highest BCUT2D eigenvalue weighted by molar-refractivity contribution is 7.98. The Morgan fingerprint density at radius 2 is 1.93 bits per heavy atom. The fraction of sp³-hybridized carbons (Fsp3) is 0.389. The molecule has 1 aliphatic rings. The summed E-state index contributed by atoms with van der Waals surface area (Å²) in [4.78, 5) is 20.0. The lowest BCUT2D eigenvalue weighted by Crippen LogP contribution is -2.49. The van der Waals surface area contributed by atoms with E-state index in [0.717, 1.165) is 16.5 Å². The minimum Gasteiger partial charge on any atom is -0.494 e. The number of rotatable bonds is 8. The molecule has 0 radical (unpaired) electrons. The molecule has 150 valence electrons. The number of nitrogens with zero attached hydrogens (tertiary/aromatic N) is 3. The van der Waals surface area contributed by atoms with Crippen molar-refractivity contribution in [1.29, 1.82) is 0 Å². The van der Waals surface area contributed by atoms with E-state index in [-0.39, 0.29) is 17.9 Å². The van der Waals surface area contributed by atoms with Gasteiger partial charge in [-0.15, -0.1) is 0 Å². The second-order valence-corrected chi connectivity index (χ2v) is 9.10. The first-order chi connectivity index (χ1) is 13.4. The minimum atomic E-state index is -4.02. The number of sulfonamides is 1. The van der Waals surface area contributed by atoms with Gasteiger partial charge in [-0.3, -0.25) is 14.8 Å². The van der Waals surface area contributed by atoms with E-state index in [1.54, 1.807) is 23.9 Å². The molecular weight excluding hydrogens is 402 g/mol. The summed E-state index contributed by atoms with van der Waals surface area (Å²) >= 11 is 1.73. The third-order valence-electron chi connectivity index (χ3n) is 4.38. The molecular formula is C18H21N3O5S2. The van der Waals surface area contributed by atoms with Gasteiger partial charge in [0.1, 0.15) is 11.8 Å². The third kappa shape index (κ3) is 4.45. The number of carbonyl (C=O) groups is 1. The zero-order valence-corrected chi connectivity index (χ0v) is 16.9. The van der Waals surface area contributed by atoms with Gasteiger partial charge < -0.3 is 9.84 Å². The summed E-state index contributed by atoms with van der Waals surface area (Å²) in [5, 5.41) is 9.55. The molecule has 0 unspecified atom stereocenters. The van der Waals surface area contributed by atoms with Crippen molar-refractivity contribution >= 4 is 27.8 Å². The first-order valence-electron chi connectivity index (χ1n) is 8.68. The summed E-state index contributed by atoms with van der Waals surface area (Å²) in [5.74, 6) is 0.348. The largest absolute Gasteiger partial charge is 0.494 e. The molecule has 1 aromatic heterocycles. The van der Waals surface area contributed by atoms with E-state index in [2.05, 4.69) is 9.97 Å². The van der Waals surface area contributed by atoms with E-state index in [1.807, 2.05) is 6.26 Å². The number of thioether (sulfide) groups is 1. The van der Waals surface area contributed by atoms with Gasteiger partial charge in [-0.2, -0.15) is 16.1 Å². The highest BCUT2D eigenvalue weighted by atomic mass is 32.2. The SMILES string of the molecule is CSCCCOc1ccc(S(=O)(=O)N2Cc3nccnc3C[C@@H]2C(=O)O)cc1. The molecule has 2 heterocycles. The molecule has 28 heavy (non-hydrogen) atoms. The summed E-state index contributed by atoms with van der Waals surface area (Å²) in [5.41, 5.74) is 0.979. The Morgan fingerprint density at radius 1 is 1.25 bits per heavy atom. The average molecular weight is 424 g/mol. The van der Waals surface area contributed by atoms with Crippen molar-refractivity contribution in [3.63, 3.8) is 0 Å². The van der Waals surface area contributed by atoms with E-state index in [9.17, 15) is 18.3 Å². The van der Waals surface area contributed by atoms with Crippen LogP contribution in [-0.2, 0) is 27.8 Å². The topological polar surface area (TPSA) is 110 Å². The number of benzene rings is 1. The van der Waals surface area contributed by atoms with Gasteiger partial charge in [-0.25, -0.2) is 8.42 Å². The molecule has 0 spiro atoms. The van der Waals surface area contributed by atoms with Gasteiger partial charge in [0.25, 0.3) is 0 Å². The summed E-state index contributed by atoms with van der Waals surface area (Å²) in [6.07, 6.45) is 5.84. The van der Waals surface area contributed by atoms with Crippen LogP contribution in [0.4, 0.5) is 0 Å². The Morgan fingerprint density at radius 3 is 2.57 bits per heavy atom. The minimum absolute atomic E-state index is 0.0163. The fourth-order valence-corrected chi connectivity index (χ4v) is 4.89. The summed E-state index contributed by atoms with van der Waals surface area (Å²) in [6.45, 7) is 0.422. The van der Waals surface area contributed by atoms with Gasteiger partial charge in [0.15, 0.2) is 0 Å². The van der Waals surface area contributed by atoms with Crippen LogP contribution in [0.15, 0.2) is 41.6 Å². The van der Waals surface area contributed by atoms with Crippen LogP contribution < -0.4 is 4.74 Å². The molecule has 0 saturated heterocycles. The van der Waals surface area contributed by atoms with Crippen LogP contribution in [0.2, 0.25) is 0 Å². The van der Waals surface area contributed by atoms with Crippen LogP contribution in [-0.4, -0.2) is 58.4 Å². The maximum Gasteiger partial charge on any atom is 0.322 e. The number of aromatic nitrogens is 2. The molecule has 0 aliphatic carbocycles. The van der Waals surface area contributed by atoms with Crippen molar-refractivity contribution in [2.45, 2.75) is 30.3 Å². The lowest BCUT2D eigenvalue weighted by atomic mass is 10.1. The van der Waals surface area contributed by atoms with E-state index in [1.165, 1.54) is 24.5 Å². The maximum absolute atomic E-state index is 13.1. The van der Waals surface area contributed by atoms with Crippen LogP contribution in [0.25, 0.3) is 0 Å². The van der Waals surface area contributed by atoms with Crippen LogP contribution in [0.3, 0.4) is 0 Å². The predicted octanol–water partition coefficient (Wildman–Crippen LogP) is 1.81. The molecule has 0 saturated carbocycles. The monoisotopic (exact) mass is 423 g/mol. The first-order valence-corrected chi connectivity index (χ1v) is 11.5. The number of aliphatic carboxylic acids is 1. The lowest BCUT2D eigenvalue weighted by Gasteiger charge is -2.32. The van der Waals surface area contributed by atoms with Gasteiger partial charge in [0.05, 0.1) is 29.4 Å². The highest BCUT2D eigenvalue weighted by Crippen LogP contribution is 2.28. The average Bonchev–Trinajstić information content (AvgIpc) is 2.70. The van der Waals surface area contributed by atoms with Crippen LogP contribution >= 0.6 is 11.8 Å². The van der Waals surface area contributed by atoms with Crippen molar-refractivity contribution in [3.8, 4) is 5.75 Å². The van der Waals surface area contributed by atoms with Gasteiger partial charge in [0.2, 0.25) is 10.0 Å². The second kappa shape index (κ2) is 8.89. The van der Waals surface area contributed by atoms with Crippen molar-refractivity contribution in [3.05, 3.63) is 48.0 Å². The number of ether oxygens (including phenoxy) is 1. The molecule has 2 aromatic rings. The smallest absolute Gasteiger partial charge is 0.322 e. The Labute approximate surface area is 168 Å².